The predicted molar refractivity (Wildman–Crippen MR) is 65.7 cm³/mol. The number of benzene rings is 1. The standard InChI is InChI=1S/C13H19NO3/c1-13(2,12(15)17-4)11(14)9-7-5-6-8-10(9)16-3/h5-8,11H,14H2,1-4H3. The van der Waals surface area contributed by atoms with Crippen LogP contribution in [0.15, 0.2) is 24.3 Å². The highest BCUT2D eigenvalue weighted by Crippen LogP contribution is 2.36. The number of esters is 1. The first kappa shape index (κ1) is 13.5. The summed E-state index contributed by atoms with van der Waals surface area (Å²) in [6, 6.07) is 6.92. The number of carbonyl (C=O) groups excluding carboxylic acids is 1. The van der Waals surface area contributed by atoms with Crippen molar-refractivity contribution < 1.29 is 14.3 Å². The van der Waals surface area contributed by atoms with Crippen LogP contribution in [0.1, 0.15) is 25.5 Å². The Bertz CT molecular complexity index is 401. The van der Waals surface area contributed by atoms with E-state index in [9.17, 15) is 4.79 Å². The largest absolute Gasteiger partial charge is 0.496 e. The number of carbonyl (C=O) groups is 1. The van der Waals surface area contributed by atoms with Gasteiger partial charge in [0.1, 0.15) is 5.75 Å². The van der Waals surface area contributed by atoms with E-state index < -0.39 is 11.5 Å². The summed E-state index contributed by atoms with van der Waals surface area (Å²) in [7, 11) is 2.94. The van der Waals surface area contributed by atoms with E-state index in [1.807, 2.05) is 24.3 Å². The zero-order valence-electron chi connectivity index (χ0n) is 10.7. The lowest BCUT2D eigenvalue weighted by Crippen LogP contribution is -2.37. The number of methoxy groups -OCH3 is 2. The van der Waals surface area contributed by atoms with E-state index in [2.05, 4.69) is 0 Å². The van der Waals surface area contributed by atoms with Gasteiger partial charge in [-0.1, -0.05) is 18.2 Å². The van der Waals surface area contributed by atoms with Gasteiger partial charge in [-0.25, -0.2) is 0 Å². The Labute approximate surface area is 102 Å². The van der Waals surface area contributed by atoms with Crippen molar-refractivity contribution in [2.75, 3.05) is 14.2 Å². The number of hydrogen-bond acceptors (Lipinski definition) is 4. The lowest BCUT2D eigenvalue weighted by molar-refractivity contribution is -0.152. The molecule has 0 fully saturated rings. The van der Waals surface area contributed by atoms with Crippen molar-refractivity contribution in [1.29, 1.82) is 0 Å². The number of nitrogens with two attached hydrogens (primary N) is 1. The van der Waals surface area contributed by atoms with Gasteiger partial charge in [0.15, 0.2) is 0 Å². The van der Waals surface area contributed by atoms with E-state index in [-0.39, 0.29) is 5.97 Å². The topological polar surface area (TPSA) is 61.5 Å². The predicted octanol–water partition coefficient (Wildman–Crippen LogP) is 1.89. The highest BCUT2D eigenvalue weighted by atomic mass is 16.5. The fraction of sp³-hybridized carbons (Fsp3) is 0.462. The number of para-hydroxylation sites is 1. The second-order valence-corrected chi connectivity index (χ2v) is 4.43. The zero-order valence-corrected chi connectivity index (χ0v) is 10.7. The van der Waals surface area contributed by atoms with E-state index in [1.54, 1.807) is 21.0 Å². The van der Waals surface area contributed by atoms with E-state index in [1.165, 1.54) is 7.11 Å². The van der Waals surface area contributed by atoms with Crippen LogP contribution in [0.3, 0.4) is 0 Å². The molecular weight excluding hydrogens is 218 g/mol. The summed E-state index contributed by atoms with van der Waals surface area (Å²) >= 11 is 0. The summed E-state index contributed by atoms with van der Waals surface area (Å²) in [5.74, 6) is 0.341. The molecule has 2 N–H and O–H groups in total. The van der Waals surface area contributed by atoms with Gasteiger partial charge in [-0.3, -0.25) is 4.79 Å². The summed E-state index contributed by atoms with van der Waals surface area (Å²) in [6.07, 6.45) is 0. The normalized spacial score (nSPS) is 13.0. The maximum absolute atomic E-state index is 11.7. The molecule has 0 spiro atoms. The van der Waals surface area contributed by atoms with Crippen molar-refractivity contribution in [3.8, 4) is 5.75 Å². The van der Waals surface area contributed by atoms with Crippen LogP contribution in [-0.2, 0) is 9.53 Å². The fourth-order valence-corrected chi connectivity index (χ4v) is 1.70. The summed E-state index contributed by atoms with van der Waals surface area (Å²) in [4.78, 5) is 11.7. The van der Waals surface area contributed by atoms with Gasteiger partial charge in [0.25, 0.3) is 0 Å². The smallest absolute Gasteiger partial charge is 0.313 e. The van der Waals surface area contributed by atoms with Crippen LogP contribution < -0.4 is 10.5 Å². The molecule has 0 radical (unpaired) electrons. The van der Waals surface area contributed by atoms with Crippen LogP contribution in [0.5, 0.6) is 5.75 Å². The van der Waals surface area contributed by atoms with Gasteiger partial charge in [-0.15, -0.1) is 0 Å². The first-order chi connectivity index (χ1) is 7.95. The SMILES string of the molecule is COC(=O)C(C)(C)C(N)c1ccccc1OC. The molecule has 0 saturated heterocycles. The first-order valence-corrected chi connectivity index (χ1v) is 5.42. The van der Waals surface area contributed by atoms with Crippen LogP contribution in [-0.4, -0.2) is 20.2 Å². The highest BCUT2D eigenvalue weighted by Gasteiger charge is 2.37. The quantitative estimate of drug-likeness (QED) is 0.812. The molecule has 0 bridgehead atoms. The molecule has 0 aliphatic heterocycles. The lowest BCUT2D eigenvalue weighted by atomic mass is 9.81. The van der Waals surface area contributed by atoms with Gasteiger partial charge in [-0.2, -0.15) is 0 Å². The molecule has 17 heavy (non-hydrogen) atoms. The molecule has 0 heterocycles. The molecule has 0 amide bonds. The van der Waals surface area contributed by atoms with Crippen molar-refractivity contribution in [3.63, 3.8) is 0 Å². The van der Waals surface area contributed by atoms with Crippen LogP contribution in [0.2, 0.25) is 0 Å². The lowest BCUT2D eigenvalue weighted by Gasteiger charge is -2.29. The second-order valence-electron chi connectivity index (χ2n) is 4.43. The zero-order chi connectivity index (χ0) is 13.1. The maximum Gasteiger partial charge on any atom is 0.313 e. The molecule has 1 aromatic carbocycles. The summed E-state index contributed by atoms with van der Waals surface area (Å²) in [5, 5.41) is 0. The molecule has 4 heteroatoms. The molecule has 1 aromatic rings. The average molecular weight is 237 g/mol. The van der Waals surface area contributed by atoms with Gasteiger partial charge in [0, 0.05) is 11.6 Å². The van der Waals surface area contributed by atoms with Gasteiger partial charge in [-0.05, 0) is 19.9 Å². The van der Waals surface area contributed by atoms with Crippen molar-refractivity contribution in [2.45, 2.75) is 19.9 Å². The van der Waals surface area contributed by atoms with Crippen molar-refractivity contribution in [3.05, 3.63) is 29.8 Å². The third kappa shape index (κ3) is 2.58. The Balaban J connectivity index is 3.11. The van der Waals surface area contributed by atoms with Crippen molar-refractivity contribution in [1.82, 2.24) is 0 Å². The molecule has 1 unspecified atom stereocenters. The Kier molecular flexibility index (Phi) is 4.12. The third-order valence-electron chi connectivity index (χ3n) is 2.96. The van der Waals surface area contributed by atoms with Gasteiger partial charge < -0.3 is 15.2 Å². The Morgan fingerprint density at radius 3 is 2.41 bits per heavy atom. The average Bonchev–Trinajstić information content (AvgIpc) is 2.36. The van der Waals surface area contributed by atoms with E-state index >= 15 is 0 Å². The molecule has 0 aromatic heterocycles. The monoisotopic (exact) mass is 237 g/mol. The van der Waals surface area contributed by atoms with Crippen molar-refractivity contribution in [2.24, 2.45) is 11.1 Å². The van der Waals surface area contributed by atoms with Crippen LogP contribution >= 0.6 is 0 Å². The fourth-order valence-electron chi connectivity index (χ4n) is 1.70. The molecular formula is C13H19NO3. The van der Waals surface area contributed by atoms with Crippen LogP contribution in [0.4, 0.5) is 0 Å². The molecule has 1 atom stereocenters. The molecule has 0 saturated carbocycles. The molecule has 1 rings (SSSR count). The molecule has 4 nitrogen and oxygen atoms in total. The summed E-state index contributed by atoms with van der Waals surface area (Å²) in [5.41, 5.74) is 6.14. The maximum atomic E-state index is 11.7. The van der Waals surface area contributed by atoms with Gasteiger partial charge in [0.05, 0.1) is 19.6 Å². The Hall–Kier alpha value is -1.55. The minimum atomic E-state index is -0.802. The number of ether oxygens (including phenoxy) is 2. The minimum Gasteiger partial charge on any atom is -0.496 e. The number of hydrogen-bond donors (Lipinski definition) is 1. The minimum absolute atomic E-state index is 0.337. The summed E-state index contributed by atoms with van der Waals surface area (Å²) < 4.78 is 10.0. The van der Waals surface area contributed by atoms with Gasteiger partial charge >= 0.3 is 5.97 Å². The third-order valence-corrected chi connectivity index (χ3v) is 2.96. The van der Waals surface area contributed by atoms with Crippen molar-refractivity contribution >= 4 is 5.97 Å². The van der Waals surface area contributed by atoms with Crippen LogP contribution in [0, 0.1) is 5.41 Å². The van der Waals surface area contributed by atoms with E-state index in [4.69, 9.17) is 15.2 Å². The second kappa shape index (κ2) is 5.19. The van der Waals surface area contributed by atoms with Crippen LogP contribution in [0.25, 0.3) is 0 Å². The summed E-state index contributed by atoms with van der Waals surface area (Å²) in [6.45, 7) is 3.52. The van der Waals surface area contributed by atoms with Gasteiger partial charge in [0.2, 0.25) is 0 Å². The number of rotatable bonds is 4. The Morgan fingerprint density at radius 1 is 1.29 bits per heavy atom. The highest BCUT2D eigenvalue weighted by molar-refractivity contribution is 5.77. The van der Waals surface area contributed by atoms with E-state index in [0.717, 1.165) is 5.56 Å². The Morgan fingerprint density at radius 2 is 1.88 bits per heavy atom. The first-order valence-electron chi connectivity index (χ1n) is 5.42. The van der Waals surface area contributed by atoms with E-state index in [0.29, 0.717) is 5.75 Å². The molecule has 0 aliphatic rings. The molecule has 94 valence electrons. The molecule has 0 aliphatic carbocycles.